The molecule has 3 aromatic rings. The Morgan fingerprint density at radius 1 is 1.22 bits per heavy atom. The number of ether oxygens (including phenoxy) is 2. The summed E-state index contributed by atoms with van der Waals surface area (Å²) in [6.45, 7) is 0. The first-order valence-electron chi connectivity index (χ1n) is 9.69. The van der Waals surface area contributed by atoms with Gasteiger partial charge in [-0.1, -0.05) is 11.8 Å². The second-order valence-corrected chi connectivity index (χ2v) is 8.84. The molecule has 4 rings (SSSR count). The highest BCUT2D eigenvalue weighted by molar-refractivity contribution is 8.00. The molecule has 1 amide bonds. The Labute approximate surface area is 192 Å². The van der Waals surface area contributed by atoms with Crippen molar-refractivity contribution in [2.24, 2.45) is 0 Å². The Kier molecular flexibility index (Phi) is 6.71. The fourth-order valence-electron chi connectivity index (χ4n) is 3.23. The SMILES string of the molecule is COc1ccc(NC(=O)CSc2nc3c(c(=O)n2-c2ccc(F)cc2)SCC3)c(OC)c1. The minimum Gasteiger partial charge on any atom is -0.497 e. The lowest BCUT2D eigenvalue weighted by Gasteiger charge is -2.14. The highest BCUT2D eigenvalue weighted by Crippen LogP contribution is 2.31. The topological polar surface area (TPSA) is 82.5 Å². The van der Waals surface area contributed by atoms with Gasteiger partial charge in [0.1, 0.15) is 17.3 Å². The summed E-state index contributed by atoms with van der Waals surface area (Å²) in [5.41, 5.74) is 1.54. The van der Waals surface area contributed by atoms with Gasteiger partial charge in [0.25, 0.3) is 5.56 Å². The fraction of sp³-hybridized carbons (Fsp3) is 0.227. The van der Waals surface area contributed by atoms with Gasteiger partial charge in [-0.2, -0.15) is 0 Å². The van der Waals surface area contributed by atoms with Gasteiger partial charge in [0.05, 0.1) is 41.9 Å². The van der Waals surface area contributed by atoms with Gasteiger partial charge >= 0.3 is 0 Å². The molecule has 7 nitrogen and oxygen atoms in total. The predicted molar refractivity (Wildman–Crippen MR) is 123 cm³/mol. The first-order valence-corrected chi connectivity index (χ1v) is 11.7. The first kappa shape index (κ1) is 22.2. The molecular formula is C22H20FN3O4S2. The molecule has 2 aromatic carbocycles. The molecule has 0 atom stereocenters. The zero-order valence-electron chi connectivity index (χ0n) is 17.4. The van der Waals surface area contributed by atoms with Gasteiger partial charge in [0, 0.05) is 18.2 Å². The molecule has 0 saturated heterocycles. The number of aryl methyl sites for hydroxylation is 1. The number of anilines is 1. The maximum Gasteiger partial charge on any atom is 0.272 e. The Bertz CT molecular complexity index is 1220. The third-order valence-corrected chi connectivity index (χ3v) is 6.81. The van der Waals surface area contributed by atoms with Crippen molar-refractivity contribution in [3.05, 3.63) is 64.3 Å². The number of rotatable bonds is 7. The number of halogens is 1. The summed E-state index contributed by atoms with van der Waals surface area (Å²) in [7, 11) is 3.06. The number of hydrogen-bond donors (Lipinski definition) is 1. The smallest absolute Gasteiger partial charge is 0.272 e. The summed E-state index contributed by atoms with van der Waals surface area (Å²) >= 11 is 2.61. The van der Waals surface area contributed by atoms with Crippen LogP contribution >= 0.6 is 23.5 Å². The van der Waals surface area contributed by atoms with Crippen LogP contribution < -0.4 is 20.3 Å². The minimum atomic E-state index is -0.396. The second kappa shape index (κ2) is 9.66. The first-order chi connectivity index (χ1) is 15.5. The maximum atomic E-state index is 13.4. The van der Waals surface area contributed by atoms with E-state index in [0.29, 0.717) is 39.3 Å². The maximum absolute atomic E-state index is 13.4. The molecule has 1 aliphatic heterocycles. The molecule has 1 aromatic heterocycles. The average molecular weight is 474 g/mol. The zero-order valence-corrected chi connectivity index (χ0v) is 19.0. The number of hydrogen-bond acceptors (Lipinski definition) is 7. The lowest BCUT2D eigenvalue weighted by Crippen LogP contribution is -2.24. The molecule has 1 N–H and O–H groups in total. The van der Waals surface area contributed by atoms with Crippen LogP contribution in [0.25, 0.3) is 5.69 Å². The van der Waals surface area contributed by atoms with E-state index in [9.17, 15) is 14.0 Å². The summed E-state index contributed by atoms with van der Waals surface area (Å²) in [5.74, 6) is 1.21. The molecule has 1 aliphatic rings. The number of methoxy groups -OCH3 is 2. The number of thioether (sulfide) groups is 2. The molecule has 32 heavy (non-hydrogen) atoms. The van der Waals surface area contributed by atoms with Gasteiger partial charge in [0.15, 0.2) is 5.16 Å². The van der Waals surface area contributed by atoms with Gasteiger partial charge in [-0.3, -0.25) is 14.2 Å². The van der Waals surface area contributed by atoms with Crippen LogP contribution in [0.2, 0.25) is 0 Å². The summed E-state index contributed by atoms with van der Waals surface area (Å²) in [4.78, 5) is 31.0. The molecule has 0 fully saturated rings. The van der Waals surface area contributed by atoms with Crippen molar-refractivity contribution in [2.45, 2.75) is 16.5 Å². The Morgan fingerprint density at radius 3 is 2.72 bits per heavy atom. The van der Waals surface area contributed by atoms with Crippen molar-refractivity contribution in [3.8, 4) is 17.2 Å². The third kappa shape index (κ3) is 4.61. The van der Waals surface area contributed by atoms with Crippen molar-refractivity contribution in [3.63, 3.8) is 0 Å². The second-order valence-electron chi connectivity index (χ2n) is 6.79. The summed E-state index contributed by atoms with van der Waals surface area (Å²) in [5, 5.41) is 3.20. The number of carbonyl (C=O) groups excluding carboxylic acids is 1. The van der Waals surface area contributed by atoms with E-state index in [1.54, 1.807) is 25.3 Å². The molecule has 0 radical (unpaired) electrons. The van der Waals surface area contributed by atoms with Gasteiger partial charge in [0.2, 0.25) is 5.91 Å². The van der Waals surface area contributed by atoms with E-state index in [2.05, 4.69) is 10.3 Å². The molecular weight excluding hydrogens is 453 g/mol. The van der Waals surface area contributed by atoms with Gasteiger partial charge in [-0.05, 0) is 36.4 Å². The third-order valence-electron chi connectivity index (χ3n) is 4.77. The lowest BCUT2D eigenvalue weighted by atomic mass is 10.2. The largest absolute Gasteiger partial charge is 0.497 e. The van der Waals surface area contributed by atoms with Gasteiger partial charge in [-0.15, -0.1) is 11.8 Å². The van der Waals surface area contributed by atoms with Crippen LogP contribution in [0.1, 0.15) is 5.69 Å². The Morgan fingerprint density at radius 2 is 2.00 bits per heavy atom. The summed E-state index contributed by atoms with van der Waals surface area (Å²) in [6.07, 6.45) is 0.697. The van der Waals surface area contributed by atoms with E-state index in [1.807, 2.05) is 0 Å². The molecule has 0 spiro atoms. The summed E-state index contributed by atoms with van der Waals surface area (Å²) < 4.78 is 25.3. The van der Waals surface area contributed by atoms with E-state index in [4.69, 9.17) is 9.47 Å². The van der Waals surface area contributed by atoms with Crippen LogP contribution in [0.15, 0.2) is 57.3 Å². The summed E-state index contributed by atoms with van der Waals surface area (Å²) in [6, 6.07) is 10.7. The van der Waals surface area contributed by atoms with E-state index >= 15 is 0 Å². The monoisotopic (exact) mass is 473 g/mol. The number of aromatic nitrogens is 2. The van der Waals surface area contributed by atoms with Crippen LogP contribution in [-0.2, 0) is 11.2 Å². The highest BCUT2D eigenvalue weighted by Gasteiger charge is 2.23. The number of nitrogens with zero attached hydrogens (tertiary/aromatic N) is 2. The van der Waals surface area contributed by atoms with Crippen molar-refractivity contribution >= 4 is 35.1 Å². The predicted octanol–water partition coefficient (Wildman–Crippen LogP) is 3.77. The van der Waals surface area contributed by atoms with E-state index in [1.165, 1.54) is 47.7 Å². The van der Waals surface area contributed by atoms with Crippen molar-refractivity contribution in [1.82, 2.24) is 9.55 Å². The average Bonchev–Trinajstić information content (AvgIpc) is 3.28. The molecule has 166 valence electrons. The molecule has 10 heteroatoms. The number of benzene rings is 2. The standard InChI is InChI=1S/C22H20FN3O4S2/c1-29-15-7-8-16(18(11-15)30-2)24-19(27)12-32-22-25-17-9-10-31-20(17)21(28)26(22)14-5-3-13(23)4-6-14/h3-8,11H,9-10,12H2,1-2H3,(H,24,27). The molecule has 0 unspecified atom stereocenters. The number of nitrogens with one attached hydrogen (secondary N) is 1. The lowest BCUT2D eigenvalue weighted by molar-refractivity contribution is -0.113. The highest BCUT2D eigenvalue weighted by atomic mass is 32.2. The van der Waals surface area contributed by atoms with Gasteiger partial charge < -0.3 is 14.8 Å². The Hall–Kier alpha value is -2.98. The zero-order chi connectivity index (χ0) is 22.7. The van der Waals surface area contributed by atoms with Crippen molar-refractivity contribution < 1.29 is 18.7 Å². The van der Waals surface area contributed by atoms with Gasteiger partial charge in [-0.25, -0.2) is 9.37 Å². The fourth-order valence-corrected chi connectivity index (χ4v) is 5.08. The number of fused-ring (bicyclic) bond motifs is 1. The van der Waals surface area contributed by atoms with Crippen LogP contribution in [-0.4, -0.2) is 41.2 Å². The van der Waals surface area contributed by atoms with Crippen molar-refractivity contribution in [2.75, 3.05) is 31.0 Å². The number of amides is 1. The normalized spacial score (nSPS) is 12.3. The molecule has 0 saturated carbocycles. The molecule has 2 heterocycles. The number of carbonyl (C=O) groups is 1. The van der Waals surface area contributed by atoms with Crippen LogP contribution in [0.4, 0.5) is 10.1 Å². The quantitative estimate of drug-likeness (QED) is 0.413. The van der Waals surface area contributed by atoms with Crippen LogP contribution in [0.5, 0.6) is 11.5 Å². The molecule has 0 bridgehead atoms. The van der Waals surface area contributed by atoms with E-state index < -0.39 is 5.82 Å². The molecule has 0 aliphatic carbocycles. The minimum absolute atomic E-state index is 0.0226. The van der Waals surface area contributed by atoms with Crippen LogP contribution in [0.3, 0.4) is 0 Å². The van der Waals surface area contributed by atoms with E-state index in [0.717, 1.165) is 23.2 Å². The van der Waals surface area contributed by atoms with Crippen LogP contribution in [0, 0.1) is 5.82 Å². The van der Waals surface area contributed by atoms with Crippen molar-refractivity contribution in [1.29, 1.82) is 0 Å². The Balaban J connectivity index is 1.58. The van der Waals surface area contributed by atoms with E-state index in [-0.39, 0.29) is 17.2 Å².